The molecule has 0 unspecified atom stereocenters. The van der Waals surface area contributed by atoms with Gasteiger partial charge in [0.2, 0.25) is 10.0 Å². The third-order valence-corrected chi connectivity index (χ3v) is 5.32. The summed E-state index contributed by atoms with van der Waals surface area (Å²) in [7, 11) is -4.36. The van der Waals surface area contributed by atoms with Gasteiger partial charge in [0.25, 0.3) is 0 Å². The van der Waals surface area contributed by atoms with E-state index in [-0.39, 0.29) is 18.2 Å². The highest BCUT2D eigenvalue weighted by atomic mass is 32.2. The highest BCUT2D eigenvalue weighted by Gasteiger charge is 2.31. The Morgan fingerprint density at radius 1 is 1.10 bits per heavy atom. The lowest BCUT2D eigenvalue weighted by Crippen LogP contribution is -2.31. The topological polar surface area (TPSA) is 124 Å². The smallest absolute Gasteiger partial charge is 0.416 e. The average molecular weight is 440 g/mol. The van der Waals surface area contributed by atoms with Crippen LogP contribution in [-0.2, 0) is 32.3 Å². The maximum absolute atomic E-state index is 12.7. The van der Waals surface area contributed by atoms with Crippen LogP contribution in [0.15, 0.2) is 53.4 Å². The van der Waals surface area contributed by atoms with Crippen molar-refractivity contribution in [2.45, 2.75) is 17.7 Å². The number of nitrogens with one attached hydrogen (secondary N) is 1. The molecule has 1 aromatic heterocycles. The summed E-state index contributed by atoms with van der Waals surface area (Å²) < 4.78 is 69.4. The van der Waals surface area contributed by atoms with Crippen LogP contribution in [0.1, 0.15) is 11.4 Å². The SMILES string of the molecule is Nc1nc(COC(=O)CNS(=O)(=O)c2cccc(C(F)(F)F)c2)nc2ccccc12. The summed E-state index contributed by atoms with van der Waals surface area (Å²) in [5.41, 5.74) is 5.24. The van der Waals surface area contributed by atoms with Crippen molar-refractivity contribution in [3.63, 3.8) is 0 Å². The van der Waals surface area contributed by atoms with Gasteiger partial charge in [-0.25, -0.2) is 18.4 Å². The second-order valence-electron chi connectivity index (χ2n) is 6.05. The van der Waals surface area contributed by atoms with Gasteiger partial charge < -0.3 is 10.5 Å². The van der Waals surface area contributed by atoms with Crippen LogP contribution in [0, 0.1) is 0 Å². The van der Waals surface area contributed by atoms with Gasteiger partial charge in [-0.2, -0.15) is 17.9 Å². The number of nitrogens with zero attached hydrogens (tertiary/aromatic N) is 2. The fraction of sp³-hybridized carbons (Fsp3) is 0.167. The largest absolute Gasteiger partial charge is 0.456 e. The summed E-state index contributed by atoms with van der Waals surface area (Å²) in [5, 5.41) is 0.626. The van der Waals surface area contributed by atoms with Crippen LogP contribution >= 0.6 is 0 Å². The standard InChI is InChI=1S/C18H15F3N4O4S/c19-18(20,21)11-4-3-5-12(8-11)30(27,28)23-9-16(26)29-10-15-24-14-7-2-1-6-13(14)17(22)25-15/h1-8,23H,9-10H2,(H2,22,24,25). The number of hydrogen-bond acceptors (Lipinski definition) is 7. The fourth-order valence-electron chi connectivity index (χ4n) is 2.49. The van der Waals surface area contributed by atoms with Crippen molar-refractivity contribution in [2.24, 2.45) is 0 Å². The van der Waals surface area contributed by atoms with Gasteiger partial charge in [0.05, 0.1) is 16.0 Å². The summed E-state index contributed by atoms with van der Waals surface area (Å²) in [6, 6.07) is 10.1. The molecule has 0 bridgehead atoms. The van der Waals surface area contributed by atoms with Gasteiger partial charge in [-0.15, -0.1) is 0 Å². The van der Waals surface area contributed by atoms with Crippen molar-refractivity contribution in [3.8, 4) is 0 Å². The van der Waals surface area contributed by atoms with E-state index in [0.717, 1.165) is 18.2 Å². The third kappa shape index (κ3) is 5.02. The summed E-state index contributed by atoms with van der Waals surface area (Å²) in [4.78, 5) is 19.4. The van der Waals surface area contributed by atoms with Crippen LogP contribution in [0.4, 0.5) is 19.0 Å². The van der Waals surface area contributed by atoms with Crippen molar-refractivity contribution in [3.05, 3.63) is 59.9 Å². The Hall–Kier alpha value is -3.25. The van der Waals surface area contributed by atoms with Crippen LogP contribution in [0.25, 0.3) is 10.9 Å². The van der Waals surface area contributed by atoms with Crippen LogP contribution in [0.3, 0.4) is 0 Å². The minimum absolute atomic E-state index is 0.111. The minimum Gasteiger partial charge on any atom is -0.456 e. The predicted molar refractivity (Wildman–Crippen MR) is 100 cm³/mol. The van der Waals surface area contributed by atoms with Crippen molar-refractivity contribution >= 4 is 32.7 Å². The molecule has 0 radical (unpaired) electrons. The summed E-state index contributed by atoms with van der Waals surface area (Å²) in [5.74, 6) is -0.668. The van der Waals surface area contributed by atoms with E-state index in [0.29, 0.717) is 17.0 Å². The van der Waals surface area contributed by atoms with Gasteiger partial charge in [0.1, 0.15) is 12.4 Å². The molecule has 158 valence electrons. The van der Waals surface area contributed by atoms with E-state index in [9.17, 15) is 26.4 Å². The zero-order valence-corrected chi connectivity index (χ0v) is 16.0. The number of nitrogen functional groups attached to an aromatic ring is 1. The fourth-order valence-corrected chi connectivity index (χ4v) is 3.50. The molecule has 30 heavy (non-hydrogen) atoms. The average Bonchev–Trinajstić information content (AvgIpc) is 2.70. The number of anilines is 1. The van der Waals surface area contributed by atoms with Gasteiger partial charge in [-0.1, -0.05) is 18.2 Å². The Bertz CT molecular complexity index is 1200. The van der Waals surface area contributed by atoms with Crippen LogP contribution in [0.5, 0.6) is 0 Å². The van der Waals surface area contributed by atoms with Crippen molar-refractivity contribution in [2.75, 3.05) is 12.3 Å². The third-order valence-electron chi connectivity index (χ3n) is 3.92. The molecule has 2 aromatic carbocycles. The van der Waals surface area contributed by atoms with E-state index in [1.165, 1.54) is 0 Å². The molecule has 0 amide bonds. The van der Waals surface area contributed by atoms with E-state index in [2.05, 4.69) is 9.97 Å². The molecule has 0 aliphatic carbocycles. The highest BCUT2D eigenvalue weighted by Crippen LogP contribution is 2.30. The van der Waals surface area contributed by atoms with Crippen LogP contribution < -0.4 is 10.5 Å². The van der Waals surface area contributed by atoms with Crippen molar-refractivity contribution < 1.29 is 31.1 Å². The first-order valence-corrected chi connectivity index (χ1v) is 9.88. The van der Waals surface area contributed by atoms with Gasteiger partial charge >= 0.3 is 12.1 Å². The number of ether oxygens (including phenoxy) is 1. The number of para-hydroxylation sites is 1. The first kappa shape index (κ1) is 21.5. The predicted octanol–water partition coefficient (Wildman–Crippen LogP) is 2.25. The Morgan fingerprint density at radius 3 is 2.57 bits per heavy atom. The number of carbonyl (C=O) groups excluding carboxylic acids is 1. The second kappa shape index (κ2) is 8.24. The number of nitrogens with two attached hydrogens (primary N) is 1. The molecule has 12 heteroatoms. The first-order chi connectivity index (χ1) is 14.1. The molecule has 3 aromatic rings. The second-order valence-corrected chi connectivity index (χ2v) is 7.82. The molecule has 1 heterocycles. The van der Waals surface area contributed by atoms with E-state index in [1.54, 1.807) is 24.3 Å². The lowest BCUT2D eigenvalue weighted by molar-refractivity contribution is -0.143. The van der Waals surface area contributed by atoms with E-state index in [1.807, 2.05) is 4.72 Å². The molecule has 0 aliphatic heterocycles. The van der Waals surface area contributed by atoms with Gasteiger partial charge in [-0.05, 0) is 30.3 Å². The molecular weight excluding hydrogens is 425 g/mol. The Balaban J connectivity index is 1.62. The number of fused-ring (bicyclic) bond motifs is 1. The Kier molecular flexibility index (Phi) is 5.89. The van der Waals surface area contributed by atoms with E-state index < -0.39 is 39.2 Å². The van der Waals surface area contributed by atoms with Crippen molar-refractivity contribution in [1.29, 1.82) is 0 Å². The Labute approximate surface area is 168 Å². The molecule has 3 rings (SSSR count). The van der Waals surface area contributed by atoms with Gasteiger partial charge in [0, 0.05) is 5.39 Å². The number of rotatable bonds is 6. The maximum atomic E-state index is 12.7. The molecule has 0 aliphatic rings. The first-order valence-electron chi connectivity index (χ1n) is 8.40. The Morgan fingerprint density at radius 2 is 1.83 bits per heavy atom. The van der Waals surface area contributed by atoms with Crippen LogP contribution in [-0.4, -0.2) is 30.9 Å². The van der Waals surface area contributed by atoms with Gasteiger partial charge in [-0.3, -0.25) is 4.79 Å². The monoisotopic (exact) mass is 440 g/mol. The molecule has 3 N–H and O–H groups in total. The number of alkyl halides is 3. The lowest BCUT2D eigenvalue weighted by atomic mass is 10.2. The summed E-state index contributed by atoms with van der Waals surface area (Å²) in [6.07, 6.45) is -4.70. The number of halogens is 3. The maximum Gasteiger partial charge on any atom is 0.416 e. The van der Waals surface area contributed by atoms with Gasteiger partial charge in [0.15, 0.2) is 12.4 Å². The molecule has 0 saturated carbocycles. The zero-order chi connectivity index (χ0) is 21.9. The summed E-state index contributed by atoms with van der Waals surface area (Å²) >= 11 is 0. The number of hydrogen-bond donors (Lipinski definition) is 2. The number of carbonyl (C=O) groups is 1. The highest BCUT2D eigenvalue weighted by molar-refractivity contribution is 7.89. The minimum atomic E-state index is -4.70. The molecular formula is C18H15F3N4O4S. The molecule has 0 fully saturated rings. The number of benzene rings is 2. The quantitative estimate of drug-likeness (QED) is 0.564. The number of sulfonamides is 1. The summed E-state index contributed by atoms with van der Waals surface area (Å²) in [6.45, 7) is -1.15. The lowest BCUT2D eigenvalue weighted by Gasteiger charge is -2.10. The number of esters is 1. The van der Waals surface area contributed by atoms with Crippen molar-refractivity contribution in [1.82, 2.24) is 14.7 Å². The number of aromatic nitrogens is 2. The molecule has 0 atom stereocenters. The normalized spacial score (nSPS) is 12.1. The van der Waals surface area contributed by atoms with E-state index >= 15 is 0 Å². The molecule has 0 saturated heterocycles. The van der Waals surface area contributed by atoms with Crippen LogP contribution in [0.2, 0.25) is 0 Å². The zero-order valence-electron chi connectivity index (χ0n) is 15.2. The van der Waals surface area contributed by atoms with E-state index in [4.69, 9.17) is 10.5 Å². The molecule has 8 nitrogen and oxygen atoms in total. The molecule has 0 spiro atoms.